The van der Waals surface area contributed by atoms with Gasteiger partial charge in [-0.25, -0.2) is 9.97 Å². The van der Waals surface area contributed by atoms with Gasteiger partial charge in [-0.15, -0.1) is 0 Å². The van der Waals surface area contributed by atoms with Crippen LogP contribution in [-0.2, 0) is 16.8 Å². The molecule has 3 fully saturated rings. The second kappa shape index (κ2) is 7.73. The molecular weight excluding hydrogens is 402 g/mol. The first-order chi connectivity index (χ1) is 15.7. The van der Waals surface area contributed by atoms with Crippen LogP contribution in [0.15, 0.2) is 30.5 Å². The monoisotopic (exact) mass is 433 g/mol. The first-order valence-electron chi connectivity index (χ1n) is 12.0. The van der Waals surface area contributed by atoms with E-state index in [2.05, 4.69) is 15.2 Å². The van der Waals surface area contributed by atoms with E-state index < -0.39 is 5.41 Å². The maximum atomic E-state index is 14.1. The van der Waals surface area contributed by atoms with Crippen molar-refractivity contribution in [3.63, 3.8) is 0 Å². The maximum Gasteiger partial charge on any atom is 0.240 e. The fraction of sp³-hybridized carbons (Fsp3) is 0.560. The van der Waals surface area contributed by atoms with Gasteiger partial charge in [0.15, 0.2) is 0 Å². The number of likely N-dealkylation sites (tertiary alicyclic amines) is 1. The minimum absolute atomic E-state index is 0.170. The molecule has 1 unspecified atom stereocenters. The maximum absolute atomic E-state index is 14.1. The molecular formula is C25H31N5O2. The molecule has 0 bridgehead atoms. The highest BCUT2D eigenvalue weighted by molar-refractivity contribution is 6.03. The number of anilines is 2. The average Bonchev–Trinajstić information content (AvgIpc) is 3.53. The first kappa shape index (κ1) is 20.0. The van der Waals surface area contributed by atoms with Gasteiger partial charge in [0.2, 0.25) is 11.9 Å². The topological polar surface area (TPSA) is 70.6 Å². The summed E-state index contributed by atoms with van der Waals surface area (Å²) in [4.78, 5) is 28.2. The zero-order valence-electron chi connectivity index (χ0n) is 18.7. The third-order valence-corrected chi connectivity index (χ3v) is 7.82. The van der Waals surface area contributed by atoms with Gasteiger partial charge >= 0.3 is 0 Å². The van der Waals surface area contributed by atoms with Gasteiger partial charge in [0.1, 0.15) is 11.2 Å². The summed E-state index contributed by atoms with van der Waals surface area (Å²) in [5.41, 5.74) is 2.32. The van der Waals surface area contributed by atoms with Crippen LogP contribution in [0.2, 0.25) is 0 Å². The summed E-state index contributed by atoms with van der Waals surface area (Å²) < 4.78 is 5.31. The van der Waals surface area contributed by atoms with Crippen molar-refractivity contribution in [3.8, 4) is 5.75 Å². The Morgan fingerprint density at radius 2 is 2.00 bits per heavy atom. The quantitative estimate of drug-likeness (QED) is 0.753. The van der Waals surface area contributed by atoms with E-state index in [0.29, 0.717) is 18.5 Å². The number of hydrogen-bond acceptors (Lipinski definition) is 6. The van der Waals surface area contributed by atoms with E-state index in [9.17, 15) is 4.79 Å². The first-order valence-corrected chi connectivity index (χ1v) is 12.0. The lowest BCUT2D eigenvalue weighted by Crippen LogP contribution is -2.54. The summed E-state index contributed by atoms with van der Waals surface area (Å²) in [6.45, 7) is 3.15. The predicted molar refractivity (Wildman–Crippen MR) is 123 cm³/mol. The standard InChI is InChI=1S/C25H31N5O2/c1-32-21-9-7-20(8-10-21)30-15-18-14-27-24(26-13-17-5-6-17)28-22(18)25(23(30)31)11-12-29(16-25)19-3-2-4-19/h7-10,14,17,19H,2-6,11-13,15-16H2,1H3,(H,26,27,28). The third-order valence-electron chi connectivity index (χ3n) is 7.82. The number of methoxy groups -OCH3 is 1. The van der Waals surface area contributed by atoms with Gasteiger partial charge in [-0.1, -0.05) is 6.42 Å². The minimum atomic E-state index is -0.595. The van der Waals surface area contributed by atoms with Crippen molar-refractivity contribution in [2.24, 2.45) is 5.92 Å². The van der Waals surface area contributed by atoms with Crippen molar-refractivity contribution in [2.45, 2.75) is 56.5 Å². The zero-order chi connectivity index (χ0) is 21.7. The normalized spacial score (nSPS) is 25.7. The van der Waals surface area contributed by atoms with Crippen LogP contribution in [0.1, 0.15) is 49.8 Å². The number of rotatable bonds is 6. The summed E-state index contributed by atoms with van der Waals surface area (Å²) in [5.74, 6) is 2.38. The Labute approximate surface area is 189 Å². The number of hydrogen-bond donors (Lipinski definition) is 1. The van der Waals surface area contributed by atoms with E-state index in [1.807, 2.05) is 35.4 Å². The lowest BCUT2D eigenvalue weighted by molar-refractivity contribution is -0.124. The number of nitrogens with zero attached hydrogens (tertiary/aromatic N) is 4. The van der Waals surface area contributed by atoms with E-state index in [1.54, 1.807) is 7.11 Å². The summed E-state index contributed by atoms with van der Waals surface area (Å²) in [6.07, 6.45) is 9.12. The second-order valence-corrected chi connectivity index (χ2v) is 9.87. The Morgan fingerprint density at radius 3 is 2.69 bits per heavy atom. The van der Waals surface area contributed by atoms with E-state index >= 15 is 0 Å². The molecule has 2 aromatic rings. The number of carbonyl (C=O) groups is 1. The van der Waals surface area contributed by atoms with Crippen LogP contribution >= 0.6 is 0 Å². The van der Waals surface area contributed by atoms with Crippen molar-refractivity contribution in [2.75, 3.05) is 37.0 Å². The van der Waals surface area contributed by atoms with E-state index in [4.69, 9.17) is 9.72 Å². The molecule has 0 radical (unpaired) electrons. The van der Waals surface area contributed by atoms with Crippen LogP contribution in [-0.4, -0.2) is 53.6 Å². The highest BCUT2D eigenvalue weighted by atomic mass is 16.5. The Bertz CT molecular complexity index is 1020. The van der Waals surface area contributed by atoms with Crippen LogP contribution in [0.3, 0.4) is 0 Å². The number of amides is 1. The molecule has 1 aromatic heterocycles. The number of ether oxygens (including phenoxy) is 1. The van der Waals surface area contributed by atoms with Crippen molar-refractivity contribution in [1.82, 2.24) is 14.9 Å². The molecule has 6 rings (SSSR count). The molecule has 2 aliphatic heterocycles. The number of fused-ring (bicyclic) bond motifs is 2. The molecule has 3 heterocycles. The highest BCUT2D eigenvalue weighted by Gasteiger charge is 2.54. The van der Waals surface area contributed by atoms with Gasteiger partial charge in [-0.3, -0.25) is 9.69 Å². The van der Waals surface area contributed by atoms with E-state index in [1.165, 1.54) is 32.1 Å². The molecule has 2 saturated carbocycles. The average molecular weight is 434 g/mol. The summed E-state index contributed by atoms with van der Waals surface area (Å²) >= 11 is 0. The highest BCUT2D eigenvalue weighted by Crippen LogP contribution is 2.45. The lowest BCUT2D eigenvalue weighted by atomic mass is 9.76. The lowest BCUT2D eigenvalue weighted by Gasteiger charge is -2.41. The molecule has 7 nitrogen and oxygen atoms in total. The van der Waals surface area contributed by atoms with Gasteiger partial charge in [0.25, 0.3) is 0 Å². The van der Waals surface area contributed by atoms with E-state index in [-0.39, 0.29) is 5.91 Å². The largest absolute Gasteiger partial charge is 0.497 e. The third kappa shape index (κ3) is 3.34. The molecule has 1 N–H and O–H groups in total. The van der Waals surface area contributed by atoms with Crippen molar-refractivity contribution < 1.29 is 9.53 Å². The SMILES string of the molecule is COc1ccc(N2Cc3cnc(NCC4CC4)nc3C3(CCN(C4CCC4)C3)C2=O)cc1. The number of nitrogens with one attached hydrogen (secondary N) is 1. The molecule has 1 spiro atoms. The number of benzene rings is 1. The van der Waals surface area contributed by atoms with Crippen LogP contribution < -0.4 is 15.0 Å². The molecule has 7 heteroatoms. The van der Waals surface area contributed by atoms with Crippen molar-refractivity contribution in [3.05, 3.63) is 41.7 Å². The Kier molecular flexibility index (Phi) is 4.82. The Hall–Kier alpha value is -2.67. The van der Waals surface area contributed by atoms with Crippen molar-refractivity contribution >= 4 is 17.5 Å². The molecule has 1 aromatic carbocycles. The fourth-order valence-corrected chi connectivity index (χ4v) is 5.42. The molecule has 2 aliphatic carbocycles. The van der Waals surface area contributed by atoms with Gasteiger partial charge < -0.3 is 15.0 Å². The van der Waals surface area contributed by atoms with Gasteiger partial charge in [-0.2, -0.15) is 0 Å². The minimum Gasteiger partial charge on any atom is -0.497 e. The Balaban J connectivity index is 1.36. The zero-order valence-corrected chi connectivity index (χ0v) is 18.7. The van der Waals surface area contributed by atoms with Crippen LogP contribution in [0.25, 0.3) is 0 Å². The molecule has 4 aliphatic rings. The van der Waals surface area contributed by atoms with Gasteiger partial charge in [-0.05, 0) is 68.8 Å². The molecule has 168 valence electrons. The summed E-state index contributed by atoms with van der Waals surface area (Å²) in [5, 5.41) is 3.42. The van der Waals surface area contributed by atoms with Gasteiger partial charge in [0, 0.05) is 36.6 Å². The van der Waals surface area contributed by atoms with Crippen LogP contribution in [0.5, 0.6) is 5.75 Å². The van der Waals surface area contributed by atoms with Crippen LogP contribution in [0.4, 0.5) is 11.6 Å². The van der Waals surface area contributed by atoms with E-state index in [0.717, 1.165) is 54.7 Å². The predicted octanol–water partition coefficient (Wildman–Crippen LogP) is 3.35. The number of aromatic nitrogens is 2. The summed E-state index contributed by atoms with van der Waals surface area (Å²) in [7, 11) is 1.66. The smallest absolute Gasteiger partial charge is 0.240 e. The van der Waals surface area contributed by atoms with Crippen molar-refractivity contribution in [1.29, 1.82) is 0 Å². The Morgan fingerprint density at radius 1 is 1.19 bits per heavy atom. The summed E-state index contributed by atoms with van der Waals surface area (Å²) in [6, 6.07) is 8.40. The number of carbonyl (C=O) groups excluding carboxylic acids is 1. The molecule has 1 amide bonds. The molecule has 1 saturated heterocycles. The van der Waals surface area contributed by atoms with Gasteiger partial charge in [0.05, 0.1) is 19.3 Å². The molecule has 32 heavy (non-hydrogen) atoms. The van der Waals surface area contributed by atoms with Crippen LogP contribution in [0, 0.1) is 5.92 Å². The molecule has 1 atom stereocenters. The second-order valence-electron chi connectivity index (χ2n) is 9.87. The fourth-order valence-electron chi connectivity index (χ4n) is 5.42.